The molecule has 0 bridgehead atoms. The second-order valence-corrected chi connectivity index (χ2v) is 8.77. The smallest absolute Gasteiger partial charge is 0.272 e. The quantitative estimate of drug-likeness (QED) is 0.497. The molecule has 0 atom stereocenters. The van der Waals surface area contributed by atoms with E-state index in [1.54, 1.807) is 0 Å². The molecule has 3 aromatic rings. The number of benzene rings is 1. The van der Waals surface area contributed by atoms with E-state index in [-0.39, 0.29) is 5.91 Å². The number of carbonyl (C=O) groups is 1. The highest BCUT2D eigenvalue weighted by molar-refractivity contribution is 14.1. The Morgan fingerprint density at radius 2 is 1.86 bits per heavy atom. The van der Waals surface area contributed by atoms with Gasteiger partial charge >= 0.3 is 0 Å². The van der Waals surface area contributed by atoms with Gasteiger partial charge in [0.25, 0.3) is 5.91 Å². The predicted octanol–water partition coefficient (Wildman–Crippen LogP) is 5.09. The van der Waals surface area contributed by atoms with E-state index in [2.05, 4.69) is 44.9 Å². The number of piperidine rings is 1. The van der Waals surface area contributed by atoms with Crippen molar-refractivity contribution in [2.24, 2.45) is 0 Å². The van der Waals surface area contributed by atoms with Crippen molar-refractivity contribution in [2.45, 2.75) is 32.7 Å². The molecule has 1 fully saturated rings. The first-order chi connectivity index (χ1) is 14.1. The minimum atomic E-state index is -0.105. The molecule has 2 aromatic heterocycles. The average molecular weight is 500 g/mol. The van der Waals surface area contributed by atoms with Crippen LogP contribution in [-0.4, -0.2) is 28.5 Å². The number of pyridine rings is 1. The summed E-state index contributed by atoms with van der Waals surface area (Å²) in [5, 5.41) is 3.00. The number of nitrogens with one attached hydrogen (secondary N) is 1. The Morgan fingerprint density at radius 3 is 2.62 bits per heavy atom. The summed E-state index contributed by atoms with van der Waals surface area (Å²) < 4.78 is 3.12. The van der Waals surface area contributed by atoms with Gasteiger partial charge in [-0.05, 0) is 96.8 Å². The molecule has 5 nitrogen and oxygen atoms in total. The van der Waals surface area contributed by atoms with Crippen LogP contribution in [0.5, 0.6) is 0 Å². The minimum Gasteiger partial charge on any atom is -0.357 e. The molecular weight excluding hydrogens is 475 g/mol. The summed E-state index contributed by atoms with van der Waals surface area (Å²) in [7, 11) is 0. The summed E-state index contributed by atoms with van der Waals surface area (Å²) in [6.45, 7) is 4.73. The summed E-state index contributed by atoms with van der Waals surface area (Å²) in [6.07, 6.45) is 5.77. The molecule has 29 heavy (non-hydrogen) atoms. The van der Waals surface area contributed by atoms with Gasteiger partial charge in [-0.25, -0.2) is 4.98 Å². The van der Waals surface area contributed by atoms with E-state index in [4.69, 9.17) is 4.98 Å². The number of nitrogens with zero attached hydrogens (tertiary/aromatic N) is 3. The fourth-order valence-electron chi connectivity index (χ4n) is 3.73. The number of carbonyl (C=O) groups excluding carboxylic acids is 1. The number of hydrogen-bond acceptors (Lipinski definition) is 3. The zero-order valence-electron chi connectivity index (χ0n) is 16.6. The Labute approximate surface area is 185 Å². The molecule has 1 saturated heterocycles. The maximum absolute atomic E-state index is 12.9. The highest BCUT2D eigenvalue weighted by Crippen LogP contribution is 2.19. The van der Waals surface area contributed by atoms with Crippen molar-refractivity contribution in [1.29, 1.82) is 0 Å². The second kappa shape index (κ2) is 8.98. The third-order valence-electron chi connectivity index (χ3n) is 5.17. The summed E-state index contributed by atoms with van der Waals surface area (Å²) in [5.41, 5.74) is 3.47. The van der Waals surface area contributed by atoms with Crippen molar-refractivity contribution in [3.63, 3.8) is 0 Å². The van der Waals surface area contributed by atoms with E-state index in [0.29, 0.717) is 12.2 Å². The van der Waals surface area contributed by atoms with Crippen LogP contribution in [0.1, 0.15) is 41.0 Å². The summed E-state index contributed by atoms with van der Waals surface area (Å²) in [5.74, 6) is 0.933. The lowest BCUT2D eigenvalue weighted by atomic mass is 10.1. The Balaban J connectivity index is 1.52. The van der Waals surface area contributed by atoms with Crippen LogP contribution in [0.2, 0.25) is 0 Å². The lowest BCUT2D eigenvalue weighted by molar-refractivity contribution is 0.101. The van der Waals surface area contributed by atoms with Gasteiger partial charge in [-0.2, -0.15) is 0 Å². The average Bonchev–Trinajstić information content (AvgIpc) is 3.11. The zero-order chi connectivity index (χ0) is 20.2. The van der Waals surface area contributed by atoms with Crippen molar-refractivity contribution in [3.05, 3.63) is 75.2 Å². The van der Waals surface area contributed by atoms with E-state index in [1.807, 2.05) is 54.1 Å². The van der Waals surface area contributed by atoms with Crippen LogP contribution in [0, 0.1) is 10.5 Å². The topological polar surface area (TPSA) is 50.2 Å². The van der Waals surface area contributed by atoms with Crippen LogP contribution in [0.3, 0.4) is 0 Å². The molecule has 0 spiro atoms. The molecule has 150 valence electrons. The molecule has 0 saturated carbocycles. The molecule has 3 heterocycles. The highest BCUT2D eigenvalue weighted by Gasteiger charge is 2.15. The minimum absolute atomic E-state index is 0.105. The first-order valence-electron chi connectivity index (χ1n) is 10.0. The molecule has 6 heteroatoms. The number of aryl methyl sites for hydroxylation is 1. The van der Waals surface area contributed by atoms with Gasteiger partial charge in [-0.1, -0.05) is 6.07 Å². The van der Waals surface area contributed by atoms with E-state index >= 15 is 0 Å². The fraction of sp³-hybridized carbons (Fsp3) is 0.304. The monoisotopic (exact) mass is 500 g/mol. The number of hydrogen-bond donors (Lipinski definition) is 1. The molecule has 1 aliphatic rings. The van der Waals surface area contributed by atoms with Crippen LogP contribution in [0.25, 0.3) is 0 Å². The van der Waals surface area contributed by atoms with Crippen molar-refractivity contribution in [3.8, 4) is 0 Å². The number of rotatable bonds is 5. The summed E-state index contributed by atoms with van der Waals surface area (Å²) in [6, 6.07) is 15.9. The Bertz CT molecular complexity index is 990. The molecule has 0 radical (unpaired) electrons. The van der Waals surface area contributed by atoms with Crippen molar-refractivity contribution in [2.75, 3.05) is 23.3 Å². The number of amides is 1. The van der Waals surface area contributed by atoms with E-state index in [9.17, 15) is 4.79 Å². The van der Waals surface area contributed by atoms with Crippen LogP contribution >= 0.6 is 22.6 Å². The van der Waals surface area contributed by atoms with Gasteiger partial charge in [0.2, 0.25) is 0 Å². The van der Waals surface area contributed by atoms with Gasteiger partial charge in [-0.3, -0.25) is 4.79 Å². The molecule has 0 unspecified atom stereocenters. The molecule has 1 N–H and O–H groups in total. The van der Waals surface area contributed by atoms with Gasteiger partial charge < -0.3 is 14.8 Å². The van der Waals surface area contributed by atoms with Crippen molar-refractivity contribution in [1.82, 2.24) is 9.55 Å². The number of halogens is 1. The molecule has 4 rings (SSSR count). The van der Waals surface area contributed by atoms with Crippen molar-refractivity contribution < 1.29 is 4.79 Å². The normalized spacial score (nSPS) is 14.1. The van der Waals surface area contributed by atoms with Gasteiger partial charge in [0.05, 0.1) is 12.2 Å². The van der Waals surface area contributed by atoms with E-state index in [1.165, 1.54) is 19.3 Å². The lowest BCUT2D eigenvalue weighted by Crippen LogP contribution is -2.30. The van der Waals surface area contributed by atoms with Crippen LogP contribution in [0.15, 0.2) is 54.7 Å². The van der Waals surface area contributed by atoms with Gasteiger partial charge in [0.15, 0.2) is 0 Å². The molecule has 1 aromatic carbocycles. The molecule has 1 aliphatic heterocycles. The van der Waals surface area contributed by atoms with Crippen LogP contribution in [-0.2, 0) is 6.54 Å². The zero-order valence-corrected chi connectivity index (χ0v) is 18.7. The fourth-order valence-corrected chi connectivity index (χ4v) is 4.09. The molecular formula is C23H25IN4O. The Kier molecular flexibility index (Phi) is 6.18. The Morgan fingerprint density at radius 1 is 1.10 bits per heavy atom. The molecule has 1 amide bonds. The second-order valence-electron chi connectivity index (χ2n) is 7.53. The van der Waals surface area contributed by atoms with Gasteiger partial charge in [0, 0.05) is 28.5 Å². The highest BCUT2D eigenvalue weighted by atomic mass is 127. The predicted molar refractivity (Wildman–Crippen MR) is 126 cm³/mol. The third-order valence-corrected chi connectivity index (χ3v) is 5.89. The largest absolute Gasteiger partial charge is 0.357 e. The van der Waals surface area contributed by atoms with Crippen molar-refractivity contribution >= 4 is 40.0 Å². The third kappa shape index (κ3) is 4.98. The maximum atomic E-state index is 12.9. The summed E-state index contributed by atoms with van der Waals surface area (Å²) >= 11 is 2.25. The first-order valence-corrected chi connectivity index (χ1v) is 11.1. The number of anilines is 2. The van der Waals surface area contributed by atoms with E-state index in [0.717, 1.165) is 39.4 Å². The Hall–Kier alpha value is -2.35. The van der Waals surface area contributed by atoms with Gasteiger partial charge in [0.1, 0.15) is 11.5 Å². The lowest BCUT2D eigenvalue weighted by Gasteiger charge is -2.28. The number of aromatic nitrogens is 2. The maximum Gasteiger partial charge on any atom is 0.272 e. The van der Waals surface area contributed by atoms with Crippen LogP contribution < -0.4 is 10.2 Å². The van der Waals surface area contributed by atoms with Gasteiger partial charge in [-0.15, -0.1) is 0 Å². The molecule has 0 aliphatic carbocycles. The van der Waals surface area contributed by atoms with Crippen LogP contribution in [0.4, 0.5) is 11.5 Å². The standard InChI is InChI=1S/C23H25IN4O/c1-17-14-21(23(29)26-19-10-8-18(24)9-11-19)28(15-17)16-20-6-5-7-22(25-20)27-12-3-2-4-13-27/h5-11,14-15H,2-4,12-13,16H2,1H3,(H,26,29). The van der Waals surface area contributed by atoms with E-state index < -0.39 is 0 Å². The summed E-state index contributed by atoms with van der Waals surface area (Å²) in [4.78, 5) is 20.1. The SMILES string of the molecule is Cc1cc(C(=O)Nc2ccc(I)cc2)n(Cc2cccc(N3CCCCC3)n2)c1. The first kappa shape index (κ1) is 19.9.